The molecule has 1 aromatic heterocycles. The molecule has 0 saturated carbocycles. The Kier molecular flexibility index (Phi) is 9.29. The average Bonchev–Trinajstić information content (AvgIpc) is 3.02. The molecule has 2 heterocycles. The predicted molar refractivity (Wildman–Crippen MR) is 179 cm³/mol. The van der Waals surface area contributed by atoms with Crippen LogP contribution in [0.5, 0.6) is 5.75 Å². The molecule has 1 aliphatic heterocycles. The fourth-order valence-electron chi connectivity index (χ4n) is 5.42. The van der Waals surface area contributed by atoms with Crippen LogP contribution in [0.25, 0.3) is 33.3 Å². The Morgan fingerprint density at radius 3 is 2.28 bits per heavy atom. The topological polar surface area (TPSA) is 48.8 Å². The van der Waals surface area contributed by atoms with Crippen molar-refractivity contribution in [1.29, 1.82) is 0 Å². The van der Waals surface area contributed by atoms with Crippen LogP contribution in [0.2, 0.25) is 20.1 Å². The first-order chi connectivity index (χ1) is 20.9. The summed E-state index contributed by atoms with van der Waals surface area (Å²) in [6, 6.07) is 28.9. The normalized spacial score (nSPS) is 14.7. The molecule has 1 aliphatic rings. The second-order valence-electron chi connectivity index (χ2n) is 10.5. The molecule has 6 rings (SSSR count). The molecule has 4 aromatic carbocycles. The van der Waals surface area contributed by atoms with E-state index in [1.807, 2.05) is 84.9 Å². The second kappa shape index (κ2) is 13.3. The minimum Gasteiger partial charge on any atom is -0.491 e. The first-order valence-electron chi connectivity index (χ1n) is 14.0. The number of rotatable bonds is 8. The number of aliphatic hydroxyl groups excluding tert-OH is 1. The largest absolute Gasteiger partial charge is 0.491 e. The smallest absolute Gasteiger partial charge is 0.119 e. The summed E-state index contributed by atoms with van der Waals surface area (Å²) < 4.78 is 5.94. The van der Waals surface area contributed by atoms with Crippen molar-refractivity contribution in [2.45, 2.75) is 6.10 Å². The first kappa shape index (κ1) is 30.0. The van der Waals surface area contributed by atoms with Crippen molar-refractivity contribution in [1.82, 2.24) is 9.88 Å². The summed E-state index contributed by atoms with van der Waals surface area (Å²) in [6.45, 7) is 3.98. The molecule has 1 N–H and O–H groups in total. The summed E-state index contributed by atoms with van der Waals surface area (Å²) in [7, 11) is 0. The molecule has 220 valence electrons. The van der Waals surface area contributed by atoms with Gasteiger partial charge in [0.2, 0.25) is 0 Å². The zero-order chi connectivity index (χ0) is 29.9. The molecule has 0 spiro atoms. The minimum absolute atomic E-state index is 0.200. The lowest BCUT2D eigenvalue weighted by Crippen LogP contribution is -2.49. The number of aromatic nitrogens is 1. The highest BCUT2D eigenvalue weighted by Crippen LogP contribution is 2.37. The fourth-order valence-corrected chi connectivity index (χ4v) is 6.25. The van der Waals surface area contributed by atoms with Crippen molar-refractivity contribution in [2.75, 3.05) is 44.2 Å². The van der Waals surface area contributed by atoms with E-state index in [0.717, 1.165) is 65.2 Å². The molecule has 5 aromatic rings. The molecule has 1 fully saturated rings. The van der Waals surface area contributed by atoms with Gasteiger partial charge in [0.1, 0.15) is 18.5 Å². The maximum Gasteiger partial charge on any atom is 0.119 e. The first-order valence-corrected chi connectivity index (χ1v) is 15.5. The molecular weight excluding hydrogens is 624 g/mol. The van der Waals surface area contributed by atoms with E-state index in [0.29, 0.717) is 32.4 Å². The summed E-state index contributed by atoms with van der Waals surface area (Å²) in [6.07, 6.45) is -0.617. The van der Waals surface area contributed by atoms with Crippen molar-refractivity contribution in [3.63, 3.8) is 0 Å². The van der Waals surface area contributed by atoms with Crippen molar-refractivity contribution in [3.8, 4) is 28.1 Å². The molecular formula is C34H29Cl4N3O2. The Morgan fingerprint density at radius 1 is 0.767 bits per heavy atom. The predicted octanol–water partition coefficient (Wildman–Crippen LogP) is 8.74. The second-order valence-corrected chi connectivity index (χ2v) is 12.2. The lowest BCUT2D eigenvalue weighted by atomic mass is 9.98. The monoisotopic (exact) mass is 651 g/mol. The van der Waals surface area contributed by atoms with Gasteiger partial charge in [-0.05, 0) is 72.3 Å². The van der Waals surface area contributed by atoms with Gasteiger partial charge >= 0.3 is 0 Å². The van der Waals surface area contributed by atoms with Crippen LogP contribution in [0.4, 0.5) is 5.69 Å². The molecule has 0 amide bonds. The highest BCUT2D eigenvalue weighted by Gasteiger charge is 2.22. The van der Waals surface area contributed by atoms with Gasteiger partial charge in [0.15, 0.2) is 0 Å². The van der Waals surface area contributed by atoms with Crippen LogP contribution in [0, 0.1) is 0 Å². The molecule has 1 unspecified atom stereocenters. The number of ether oxygens (including phenoxy) is 1. The molecule has 1 atom stereocenters. The van der Waals surface area contributed by atoms with Gasteiger partial charge in [-0.2, -0.15) is 0 Å². The number of nitrogens with zero attached hydrogens (tertiary/aromatic N) is 3. The van der Waals surface area contributed by atoms with Crippen LogP contribution in [-0.2, 0) is 0 Å². The van der Waals surface area contributed by atoms with E-state index in [2.05, 4.69) is 9.80 Å². The number of benzene rings is 4. The lowest BCUT2D eigenvalue weighted by molar-refractivity contribution is 0.0663. The molecule has 0 aliphatic carbocycles. The SMILES string of the molecule is OC(COc1ccc(-c2cc(-c3ccccc3Cl)c3cc(Cl)ccc3n2)cc1)CN1CCN(c2cccc(Cl)c2Cl)CC1. The van der Waals surface area contributed by atoms with Gasteiger partial charge in [0.05, 0.1) is 26.9 Å². The third-order valence-corrected chi connectivity index (χ3v) is 9.01. The van der Waals surface area contributed by atoms with E-state index in [9.17, 15) is 5.11 Å². The van der Waals surface area contributed by atoms with Gasteiger partial charge in [-0.25, -0.2) is 4.98 Å². The maximum atomic E-state index is 10.7. The number of aliphatic hydroxyl groups is 1. The van der Waals surface area contributed by atoms with E-state index in [4.69, 9.17) is 56.1 Å². The summed E-state index contributed by atoms with van der Waals surface area (Å²) in [5, 5.41) is 14.1. The van der Waals surface area contributed by atoms with Crippen molar-refractivity contribution >= 4 is 63.0 Å². The molecule has 43 heavy (non-hydrogen) atoms. The molecule has 5 nitrogen and oxygen atoms in total. The number of β-amino-alcohol motifs (C(OH)–C–C–N with tert-alkyl or cyclic N) is 1. The van der Waals surface area contributed by atoms with E-state index < -0.39 is 6.10 Å². The van der Waals surface area contributed by atoms with E-state index in [-0.39, 0.29) is 6.61 Å². The quantitative estimate of drug-likeness (QED) is 0.182. The van der Waals surface area contributed by atoms with Crippen LogP contribution in [0.3, 0.4) is 0 Å². The summed E-state index contributed by atoms with van der Waals surface area (Å²) in [5.74, 6) is 0.683. The minimum atomic E-state index is -0.617. The van der Waals surface area contributed by atoms with Crippen molar-refractivity contribution < 1.29 is 9.84 Å². The molecule has 1 saturated heterocycles. The summed E-state index contributed by atoms with van der Waals surface area (Å²) in [5.41, 5.74) is 5.42. The highest BCUT2D eigenvalue weighted by molar-refractivity contribution is 6.43. The van der Waals surface area contributed by atoms with Crippen molar-refractivity contribution in [2.24, 2.45) is 0 Å². The number of anilines is 1. The zero-order valence-corrected chi connectivity index (χ0v) is 26.2. The van der Waals surface area contributed by atoms with E-state index >= 15 is 0 Å². The summed E-state index contributed by atoms with van der Waals surface area (Å²) >= 11 is 25.5. The van der Waals surface area contributed by atoms with Crippen LogP contribution >= 0.6 is 46.4 Å². The number of hydrogen-bond donors (Lipinski definition) is 1. The Balaban J connectivity index is 1.09. The number of pyridine rings is 1. The van der Waals surface area contributed by atoms with E-state index in [1.165, 1.54) is 0 Å². The van der Waals surface area contributed by atoms with Gasteiger partial charge in [0.25, 0.3) is 0 Å². The maximum absolute atomic E-state index is 10.7. The number of halogens is 4. The Bertz CT molecular complexity index is 1740. The third kappa shape index (κ3) is 6.88. The number of hydrogen-bond acceptors (Lipinski definition) is 5. The van der Waals surface area contributed by atoms with Gasteiger partial charge in [-0.1, -0.05) is 70.7 Å². The fraction of sp³-hybridized carbons (Fsp3) is 0.206. The molecule has 0 bridgehead atoms. The molecule has 9 heteroatoms. The van der Waals surface area contributed by atoms with Crippen LogP contribution in [0.15, 0.2) is 91.0 Å². The highest BCUT2D eigenvalue weighted by atomic mass is 35.5. The van der Waals surface area contributed by atoms with Gasteiger partial charge in [-0.15, -0.1) is 0 Å². The summed E-state index contributed by atoms with van der Waals surface area (Å²) in [4.78, 5) is 9.37. The van der Waals surface area contributed by atoms with Gasteiger partial charge < -0.3 is 14.7 Å². The van der Waals surface area contributed by atoms with E-state index in [1.54, 1.807) is 6.07 Å². The van der Waals surface area contributed by atoms with Gasteiger partial charge in [0, 0.05) is 59.3 Å². The Morgan fingerprint density at radius 2 is 1.51 bits per heavy atom. The lowest BCUT2D eigenvalue weighted by Gasteiger charge is -2.37. The standard InChI is InChI=1S/C34H29Cl4N3O2/c35-23-10-13-31-28(18-23)27(26-4-1-2-5-29(26)36)19-32(39-31)22-8-11-25(12-9-22)43-21-24(42)20-40-14-16-41(17-15-40)33-7-3-6-30(37)34(33)38/h1-13,18-19,24,42H,14-17,20-21H2. The Hall–Kier alpha value is -3.03. The van der Waals surface area contributed by atoms with Crippen molar-refractivity contribution in [3.05, 3.63) is 111 Å². The number of piperazine rings is 1. The average molecular weight is 653 g/mol. The van der Waals surface area contributed by atoms with Crippen LogP contribution in [-0.4, -0.2) is 60.4 Å². The number of fused-ring (bicyclic) bond motifs is 1. The Labute approximate surface area is 271 Å². The molecule has 0 radical (unpaired) electrons. The zero-order valence-electron chi connectivity index (χ0n) is 23.2. The van der Waals surface area contributed by atoms with Crippen LogP contribution in [0.1, 0.15) is 0 Å². The van der Waals surface area contributed by atoms with Gasteiger partial charge in [-0.3, -0.25) is 4.90 Å². The third-order valence-electron chi connectivity index (χ3n) is 7.64. The van der Waals surface area contributed by atoms with Crippen LogP contribution < -0.4 is 9.64 Å².